The van der Waals surface area contributed by atoms with Crippen molar-refractivity contribution in [2.45, 2.75) is 19.8 Å². The smallest absolute Gasteiger partial charge is 0.308 e. The lowest BCUT2D eigenvalue weighted by molar-refractivity contribution is -0.141. The second-order valence-corrected chi connectivity index (χ2v) is 7.10. The number of aromatic nitrogens is 2. The van der Waals surface area contributed by atoms with Crippen molar-refractivity contribution >= 4 is 22.7 Å². The van der Waals surface area contributed by atoms with Gasteiger partial charge in [0, 0.05) is 13.1 Å². The van der Waals surface area contributed by atoms with Gasteiger partial charge >= 0.3 is 5.97 Å². The molecule has 4 rings (SSSR count). The first-order valence-electron chi connectivity index (χ1n) is 9.13. The van der Waals surface area contributed by atoms with Crippen LogP contribution in [0, 0.1) is 24.5 Å². The lowest BCUT2D eigenvalue weighted by Crippen LogP contribution is -2.39. The first kappa shape index (κ1) is 18.3. The van der Waals surface area contributed by atoms with Crippen molar-refractivity contribution < 1.29 is 18.7 Å². The van der Waals surface area contributed by atoms with Gasteiger partial charge in [-0.2, -0.15) is 0 Å². The molecule has 2 aromatic carbocycles. The van der Waals surface area contributed by atoms with Gasteiger partial charge in [0.2, 0.25) is 0 Å². The van der Waals surface area contributed by atoms with E-state index >= 15 is 0 Å². The summed E-state index contributed by atoms with van der Waals surface area (Å²) in [5.41, 5.74) is 1.87. The Balaban J connectivity index is 1.91. The molecule has 3 aromatic rings. The summed E-state index contributed by atoms with van der Waals surface area (Å²) in [7, 11) is 0. The van der Waals surface area contributed by atoms with Crippen LogP contribution in [-0.4, -0.2) is 34.1 Å². The van der Waals surface area contributed by atoms with Gasteiger partial charge in [0.15, 0.2) is 0 Å². The normalized spacial score (nSPS) is 17.1. The minimum Gasteiger partial charge on any atom is -0.481 e. The summed E-state index contributed by atoms with van der Waals surface area (Å²) in [4.78, 5) is 21.8. The van der Waals surface area contributed by atoms with Crippen LogP contribution in [0.1, 0.15) is 18.4 Å². The fourth-order valence-electron chi connectivity index (χ4n) is 3.74. The van der Waals surface area contributed by atoms with Crippen molar-refractivity contribution in [2.75, 3.05) is 18.0 Å². The van der Waals surface area contributed by atoms with Crippen molar-refractivity contribution in [3.05, 3.63) is 53.9 Å². The number of anilines is 1. The van der Waals surface area contributed by atoms with E-state index in [1.165, 1.54) is 18.5 Å². The van der Waals surface area contributed by atoms with Crippen LogP contribution in [0.15, 0.2) is 36.7 Å². The molecule has 28 heavy (non-hydrogen) atoms. The van der Waals surface area contributed by atoms with E-state index in [1.54, 1.807) is 25.1 Å². The van der Waals surface area contributed by atoms with Crippen molar-refractivity contribution in [1.29, 1.82) is 0 Å². The minimum absolute atomic E-state index is 0.140. The molecule has 0 saturated carbocycles. The first-order valence-corrected chi connectivity index (χ1v) is 9.13. The van der Waals surface area contributed by atoms with Crippen LogP contribution in [-0.2, 0) is 4.79 Å². The van der Waals surface area contributed by atoms with Gasteiger partial charge in [-0.3, -0.25) is 4.79 Å². The summed E-state index contributed by atoms with van der Waals surface area (Å²) in [6.07, 6.45) is 2.58. The van der Waals surface area contributed by atoms with Crippen LogP contribution in [0.3, 0.4) is 0 Å². The summed E-state index contributed by atoms with van der Waals surface area (Å²) in [5.74, 6) is -1.73. The number of benzene rings is 2. The third kappa shape index (κ3) is 3.17. The van der Waals surface area contributed by atoms with Gasteiger partial charge < -0.3 is 10.0 Å². The summed E-state index contributed by atoms with van der Waals surface area (Å²) in [6.45, 7) is 2.59. The lowest BCUT2D eigenvalue weighted by Gasteiger charge is -2.32. The number of nitrogens with zero attached hydrogens (tertiary/aromatic N) is 3. The predicted octanol–water partition coefficient (Wildman–Crippen LogP) is 4.18. The van der Waals surface area contributed by atoms with E-state index < -0.39 is 17.7 Å². The Kier molecular flexibility index (Phi) is 4.66. The zero-order valence-electron chi connectivity index (χ0n) is 15.3. The van der Waals surface area contributed by atoms with Gasteiger partial charge in [0.25, 0.3) is 0 Å². The quantitative estimate of drug-likeness (QED) is 0.735. The van der Waals surface area contributed by atoms with Crippen LogP contribution in [0.2, 0.25) is 0 Å². The van der Waals surface area contributed by atoms with Gasteiger partial charge in [-0.1, -0.05) is 18.2 Å². The minimum atomic E-state index is -0.852. The van der Waals surface area contributed by atoms with Crippen LogP contribution in [0.25, 0.3) is 22.0 Å². The number of aryl methyl sites for hydroxylation is 1. The monoisotopic (exact) mass is 383 g/mol. The molecule has 0 bridgehead atoms. The van der Waals surface area contributed by atoms with Gasteiger partial charge in [-0.25, -0.2) is 18.7 Å². The largest absolute Gasteiger partial charge is 0.481 e. The maximum Gasteiger partial charge on any atom is 0.308 e. The molecule has 0 unspecified atom stereocenters. The second kappa shape index (κ2) is 7.14. The Morgan fingerprint density at radius 1 is 1.18 bits per heavy atom. The number of carboxylic acid groups (broad SMARTS) is 1. The van der Waals surface area contributed by atoms with Gasteiger partial charge in [-0.05, 0) is 48.6 Å². The molecule has 144 valence electrons. The van der Waals surface area contributed by atoms with E-state index in [0.29, 0.717) is 53.8 Å². The molecule has 1 aromatic heterocycles. The molecule has 5 nitrogen and oxygen atoms in total. The molecular formula is C21H19F2N3O2. The summed E-state index contributed by atoms with van der Waals surface area (Å²) in [6, 6.07) is 7.76. The average molecular weight is 383 g/mol. The number of rotatable bonds is 3. The Bertz CT molecular complexity index is 1070. The number of hydrogen-bond acceptors (Lipinski definition) is 4. The van der Waals surface area contributed by atoms with Crippen molar-refractivity contribution in [1.82, 2.24) is 9.97 Å². The number of carboxylic acids is 1. The zero-order valence-corrected chi connectivity index (χ0v) is 15.3. The molecule has 0 radical (unpaired) electrons. The van der Waals surface area contributed by atoms with Gasteiger partial charge in [0.05, 0.1) is 11.3 Å². The van der Waals surface area contributed by atoms with Crippen LogP contribution >= 0.6 is 0 Å². The summed E-state index contributed by atoms with van der Waals surface area (Å²) < 4.78 is 28.7. The Hall–Kier alpha value is -3.09. The van der Waals surface area contributed by atoms with Crippen molar-refractivity contribution in [2.24, 2.45) is 5.92 Å². The summed E-state index contributed by atoms with van der Waals surface area (Å²) in [5, 5.41) is 9.86. The molecule has 1 aliphatic rings. The first-order chi connectivity index (χ1) is 13.5. The van der Waals surface area contributed by atoms with Crippen LogP contribution in [0.4, 0.5) is 14.6 Å². The van der Waals surface area contributed by atoms with Gasteiger partial charge in [0.1, 0.15) is 29.3 Å². The standard InChI is InChI=1S/C21H19F2N3O2/c1-12-4-5-13(9-17(12)23)15-6-7-16(22)19-18(15)20(25-11-24-19)26-8-2-3-14(10-26)21(27)28/h4-7,9,11,14H,2-3,8,10H2,1H3,(H,27,28)/t14-/m1/s1. The zero-order chi connectivity index (χ0) is 19.8. The maximum absolute atomic E-state index is 14.5. The molecular weight excluding hydrogens is 364 g/mol. The molecule has 1 saturated heterocycles. The number of piperidine rings is 1. The predicted molar refractivity (Wildman–Crippen MR) is 102 cm³/mol. The van der Waals surface area contributed by atoms with Crippen molar-refractivity contribution in [3.63, 3.8) is 0 Å². The van der Waals surface area contributed by atoms with E-state index in [2.05, 4.69) is 9.97 Å². The second-order valence-electron chi connectivity index (χ2n) is 7.10. The van der Waals surface area contributed by atoms with E-state index in [4.69, 9.17) is 0 Å². The molecule has 1 N–H and O–H groups in total. The molecule has 1 atom stereocenters. The van der Waals surface area contributed by atoms with Crippen LogP contribution < -0.4 is 4.90 Å². The fraction of sp³-hybridized carbons (Fsp3) is 0.286. The fourth-order valence-corrected chi connectivity index (χ4v) is 3.74. The molecule has 0 spiro atoms. The number of fused-ring (bicyclic) bond motifs is 1. The number of halogens is 2. The van der Waals surface area contributed by atoms with E-state index in [-0.39, 0.29) is 11.3 Å². The van der Waals surface area contributed by atoms with E-state index in [0.717, 1.165) is 0 Å². The number of hydrogen-bond donors (Lipinski definition) is 1. The third-order valence-electron chi connectivity index (χ3n) is 5.27. The maximum atomic E-state index is 14.5. The SMILES string of the molecule is Cc1ccc(-c2ccc(F)c3ncnc(N4CCC[C@@H](C(=O)O)C4)c23)cc1F. The van der Waals surface area contributed by atoms with Crippen molar-refractivity contribution in [3.8, 4) is 11.1 Å². The Labute approximate surface area is 160 Å². The van der Waals surface area contributed by atoms with E-state index in [9.17, 15) is 18.7 Å². The molecule has 2 heterocycles. The summed E-state index contributed by atoms with van der Waals surface area (Å²) >= 11 is 0. The molecule has 7 heteroatoms. The topological polar surface area (TPSA) is 66.3 Å². The highest BCUT2D eigenvalue weighted by Gasteiger charge is 2.28. The third-order valence-corrected chi connectivity index (χ3v) is 5.27. The van der Waals surface area contributed by atoms with Crippen LogP contribution in [0.5, 0.6) is 0 Å². The van der Waals surface area contributed by atoms with Gasteiger partial charge in [-0.15, -0.1) is 0 Å². The molecule has 0 aliphatic carbocycles. The molecule has 0 amide bonds. The van der Waals surface area contributed by atoms with E-state index in [1.807, 2.05) is 4.90 Å². The molecule has 1 aliphatic heterocycles. The lowest BCUT2D eigenvalue weighted by atomic mass is 9.96. The highest BCUT2D eigenvalue weighted by molar-refractivity contribution is 6.02. The Morgan fingerprint density at radius 3 is 2.75 bits per heavy atom. The average Bonchev–Trinajstić information content (AvgIpc) is 2.70. The highest BCUT2D eigenvalue weighted by Crippen LogP contribution is 2.36. The number of carbonyl (C=O) groups is 1. The highest BCUT2D eigenvalue weighted by atomic mass is 19.1. The Morgan fingerprint density at radius 2 is 2.00 bits per heavy atom. The number of aliphatic carboxylic acids is 1. The molecule has 1 fully saturated rings.